The van der Waals surface area contributed by atoms with Crippen LogP contribution in [0, 0.1) is 0 Å². The number of rotatable bonds is 3. The highest BCUT2D eigenvalue weighted by atomic mass is 15.2. The topological polar surface area (TPSA) is 45.4 Å². The lowest BCUT2D eigenvalue weighted by atomic mass is 10.2. The summed E-state index contributed by atoms with van der Waals surface area (Å²) in [5.74, 6) is 0. The number of aromatic nitrogens is 1. The molecular formula is C12H20N4. The maximum absolute atomic E-state index is 5.91. The second-order valence-corrected chi connectivity index (χ2v) is 4.59. The molecule has 0 saturated carbocycles. The minimum atomic E-state index is 0.651. The third-order valence-corrected chi connectivity index (χ3v) is 3.40. The number of likely N-dealkylation sites (tertiary alicyclic amines) is 1. The number of hydrogen-bond donors (Lipinski definition) is 1. The Hall–Kier alpha value is -1.29. The van der Waals surface area contributed by atoms with E-state index < -0.39 is 0 Å². The monoisotopic (exact) mass is 220 g/mol. The Morgan fingerprint density at radius 1 is 1.62 bits per heavy atom. The normalized spacial score (nSPS) is 21.2. The molecule has 4 heteroatoms. The predicted octanol–water partition coefficient (Wildman–Crippen LogP) is 1.19. The van der Waals surface area contributed by atoms with E-state index in [0.29, 0.717) is 6.04 Å². The van der Waals surface area contributed by atoms with Crippen LogP contribution in [0.25, 0.3) is 0 Å². The van der Waals surface area contributed by atoms with E-state index in [9.17, 15) is 0 Å². The Bertz CT molecular complexity index is 353. The Morgan fingerprint density at radius 2 is 2.44 bits per heavy atom. The molecule has 0 radical (unpaired) electrons. The summed E-state index contributed by atoms with van der Waals surface area (Å²) in [5, 5.41) is 0. The average Bonchev–Trinajstić information content (AvgIpc) is 2.65. The molecule has 1 aromatic rings. The van der Waals surface area contributed by atoms with Crippen molar-refractivity contribution in [3.63, 3.8) is 0 Å². The fourth-order valence-corrected chi connectivity index (χ4v) is 2.37. The zero-order chi connectivity index (χ0) is 11.5. The van der Waals surface area contributed by atoms with Gasteiger partial charge in [0.25, 0.3) is 0 Å². The van der Waals surface area contributed by atoms with E-state index in [0.717, 1.165) is 17.9 Å². The number of hydrogen-bond acceptors (Lipinski definition) is 4. The van der Waals surface area contributed by atoms with Crippen LogP contribution in [-0.2, 0) is 0 Å². The maximum atomic E-state index is 5.91. The summed E-state index contributed by atoms with van der Waals surface area (Å²) < 4.78 is 0. The van der Waals surface area contributed by atoms with Crippen molar-refractivity contribution in [2.24, 2.45) is 0 Å². The molecule has 1 unspecified atom stereocenters. The van der Waals surface area contributed by atoms with Crippen molar-refractivity contribution in [1.82, 2.24) is 9.88 Å². The molecular weight excluding hydrogens is 200 g/mol. The first-order valence-electron chi connectivity index (χ1n) is 5.79. The lowest BCUT2D eigenvalue weighted by Gasteiger charge is -2.27. The molecule has 0 spiro atoms. The second kappa shape index (κ2) is 4.70. The minimum Gasteiger partial charge on any atom is -0.396 e. The highest BCUT2D eigenvalue weighted by Crippen LogP contribution is 2.23. The van der Waals surface area contributed by atoms with Gasteiger partial charge in [0.1, 0.15) is 0 Å². The first-order chi connectivity index (χ1) is 7.68. The van der Waals surface area contributed by atoms with Gasteiger partial charge in [0.15, 0.2) is 0 Å². The van der Waals surface area contributed by atoms with Crippen molar-refractivity contribution in [3.8, 4) is 0 Å². The number of pyridine rings is 1. The van der Waals surface area contributed by atoms with Crippen LogP contribution in [0.2, 0.25) is 0 Å². The fourth-order valence-electron chi connectivity index (χ4n) is 2.37. The van der Waals surface area contributed by atoms with E-state index in [2.05, 4.69) is 28.9 Å². The predicted molar refractivity (Wildman–Crippen MR) is 67.6 cm³/mol. The first-order valence-corrected chi connectivity index (χ1v) is 5.79. The van der Waals surface area contributed by atoms with Crippen molar-refractivity contribution in [2.45, 2.75) is 18.9 Å². The molecule has 0 aromatic carbocycles. The number of nitrogens with two attached hydrogens (primary N) is 1. The van der Waals surface area contributed by atoms with Crippen LogP contribution in [0.5, 0.6) is 0 Å². The Kier molecular flexibility index (Phi) is 3.29. The molecule has 0 amide bonds. The molecule has 88 valence electrons. The van der Waals surface area contributed by atoms with E-state index >= 15 is 0 Å². The summed E-state index contributed by atoms with van der Waals surface area (Å²) in [7, 11) is 4.29. The van der Waals surface area contributed by atoms with Gasteiger partial charge >= 0.3 is 0 Å². The summed E-state index contributed by atoms with van der Waals surface area (Å²) in [6, 6.07) is 2.63. The van der Waals surface area contributed by atoms with Gasteiger partial charge in [-0.15, -0.1) is 0 Å². The van der Waals surface area contributed by atoms with Crippen LogP contribution in [0.15, 0.2) is 18.5 Å². The van der Waals surface area contributed by atoms with Gasteiger partial charge in [0, 0.05) is 25.8 Å². The van der Waals surface area contributed by atoms with Gasteiger partial charge in [-0.05, 0) is 32.5 Å². The maximum Gasteiger partial charge on any atom is 0.0738 e. The van der Waals surface area contributed by atoms with Crippen molar-refractivity contribution in [3.05, 3.63) is 18.5 Å². The van der Waals surface area contributed by atoms with E-state index in [1.165, 1.54) is 19.4 Å². The van der Waals surface area contributed by atoms with E-state index in [1.54, 1.807) is 12.4 Å². The Labute approximate surface area is 97.1 Å². The lowest BCUT2D eigenvalue weighted by Crippen LogP contribution is -2.36. The second-order valence-electron chi connectivity index (χ2n) is 4.59. The smallest absolute Gasteiger partial charge is 0.0738 e. The molecule has 0 bridgehead atoms. The third kappa shape index (κ3) is 2.27. The zero-order valence-electron chi connectivity index (χ0n) is 10.1. The SMILES string of the molecule is CN(CC1CCCN1C)c1ccncc1N. The van der Waals surface area contributed by atoms with Crippen LogP contribution in [0.1, 0.15) is 12.8 Å². The van der Waals surface area contributed by atoms with Crippen LogP contribution >= 0.6 is 0 Å². The number of nitrogens with zero attached hydrogens (tertiary/aromatic N) is 3. The largest absolute Gasteiger partial charge is 0.396 e. The molecule has 1 saturated heterocycles. The summed E-state index contributed by atoms with van der Waals surface area (Å²) in [5.41, 5.74) is 7.75. The molecule has 1 aliphatic rings. The van der Waals surface area contributed by atoms with Gasteiger partial charge in [-0.2, -0.15) is 0 Å². The first kappa shape index (κ1) is 11.2. The van der Waals surface area contributed by atoms with Gasteiger partial charge in [0.2, 0.25) is 0 Å². The lowest BCUT2D eigenvalue weighted by molar-refractivity contribution is 0.314. The number of likely N-dealkylation sites (N-methyl/N-ethyl adjacent to an activating group) is 2. The van der Waals surface area contributed by atoms with Crippen LogP contribution < -0.4 is 10.6 Å². The van der Waals surface area contributed by atoms with Gasteiger partial charge in [-0.1, -0.05) is 0 Å². The number of nitrogen functional groups attached to an aromatic ring is 1. The average molecular weight is 220 g/mol. The van der Waals surface area contributed by atoms with Gasteiger partial charge in [-0.3, -0.25) is 4.98 Å². The molecule has 16 heavy (non-hydrogen) atoms. The summed E-state index contributed by atoms with van der Waals surface area (Å²) in [4.78, 5) is 8.66. The Balaban J connectivity index is 2.03. The molecule has 2 heterocycles. The zero-order valence-corrected chi connectivity index (χ0v) is 10.1. The van der Waals surface area contributed by atoms with Gasteiger partial charge in [0.05, 0.1) is 17.6 Å². The summed E-state index contributed by atoms with van der Waals surface area (Å²) in [6.07, 6.45) is 6.09. The number of anilines is 2. The van der Waals surface area contributed by atoms with Crippen LogP contribution in [0.4, 0.5) is 11.4 Å². The molecule has 1 atom stereocenters. The molecule has 4 nitrogen and oxygen atoms in total. The Morgan fingerprint density at radius 3 is 3.06 bits per heavy atom. The summed E-state index contributed by atoms with van der Waals surface area (Å²) >= 11 is 0. The highest BCUT2D eigenvalue weighted by Gasteiger charge is 2.22. The minimum absolute atomic E-state index is 0.651. The third-order valence-electron chi connectivity index (χ3n) is 3.40. The molecule has 2 N–H and O–H groups in total. The quantitative estimate of drug-likeness (QED) is 0.831. The van der Waals surface area contributed by atoms with E-state index in [-0.39, 0.29) is 0 Å². The van der Waals surface area contributed by atoms with E-state index in [4.69, 9.17) is 5.73 Å². The summed E-state index contributed by atoms with van der Waals surface area (Å²) in [6.45, 7) is 2.25. The van der Waals surface area contributed by atoms with Gasteiger partial charge in [-0.25, -0.2) is 0 Å². The molecule has 1 aliphatic heterocycles. The molecule has 1 aromatic heterocycles. The van der Waals surface area contributed by atoms with Crippen LogP contribution in [0.3, 0.4) is 0 Å². The van der Waals surface area contributed by atoms with Crippen molar-refractivity contribution in [1.29, 1.82) is 0 Å². The highest BCUT2D eigenvalue weighted by molar-refractivity contribution is 5.65. The fraction of sp³-hybridized carbons (Fsp3) is 0.583. The molecule has 0 aliphatic carbocycles. The standard InChI is InChI=1S/C12H20N4/c1-15-7-3-4-10(15)9-16(2)12-5-6-14-8-11(12)13/h5-6,8,10H,3-4,7,9,13H2,1-2H3. The van der Waals surface area contributed by atoms with Crippen molar-refractivity contribution < 1.29 is 0 Å². The molecule has 1 fully saturated rings. The van der Waals surface area contributed by atoms with Gasteiger partial charge < -0.3 is 15.5 Å². The van der Waals surface area contributed by atoms with Crippen molar-refractivity contribution >= 4 is 11.4 Å². The van der Waals surface area contributed by atoms with E-state index in [1.807, 2.05) is 6.07 Å². The molecule has 2 rings (SSSR count). The van der Waals surface area contributed by atoms with Crippen molar-refractivity contribution in [2.75, 3.05) is 37.8 Å². The van der Waals surface area contributed by atoms with Crippen LogP contribution in [-0.4, -0.2) is 43.1 Å².